The first-order chi connectivity index (χ1) is 7.99. The number of benzene rings is 1. The van der Waals surface area contributed by atoms with E-state index in [9.17, 15) is 4.79 Å². The SMILES string of the molecule is C=COCC(C)N.Cc1ccccc1C(=O)Cl. The van der Waals surface area contributed by atoms with Gasteiger partial charge in [-0.15, -0.1) is 0 Å². The molecule has 17 heavy (non-hydrogen) atoms. The molecule has 94 valence electrons. The molecule has 0 aliphatic carbocycles. The third-order valence-corrected chi connectivity index (χ3v) is 2.04. The normalized spacial score (nSPS) is 10.8. The molecular weight excluding hydrogens is 238 g/mol. The fourth-order valence-corrected chi connectivity index (χ4v) is 1.23. The van der Waals surface area contributed by atoms with Gasteiger partial charge >= 0.3 is 0 Å². The average molecular weight is 256 g/mol. The first kappa shape index (κ1) is 15.7. The Kier molecular flexibility index (Phi) is 8.11. The maximum atomic E-state index is 10.6. The predicted molar refractivity (Wildman–Crippen MR) is 71.2 cm³/mol. The van der Waals surface area contributed by atoms with Crippen LogP contribution >= 0.6 is 11.6 Å². The van der Waals surface area contributed by atoms with E-state index in [1.807, 2.05) is 26.0 Å². The van der Waals surface area contributed by atoms with Crippen molar-refractivity contribution in [2.45, 2.75) is 19.9 Å². The molecule has 1 atom stereocenters. The molecule has 0 bridgehead atoms. The van der Waals surface area contributed by atoms with Gasteiger partial charge in [0.15, 0.2) is 0 Å². The number of ether oxygens (including phenoxy) is 1. The summed E-state index contributed by atoms with van der Waals surface area (Å²) in [6.45, 7) is 7.65. The Balaban J connectivity index is 0.000000325. The highest BCUT2D eigenvalue weighted by Crippen LogP contribution is 2.08. The zero-order chi connectivity index (χ0) is 13.3. The summed E-state index contributed by atoms with van der Waals surface area (Å²) in [4.78, 5) is 10.6. The first-order valence-electron chi connectivity index (χ1n) is 5.22. The van der Waals surface area contributed by atoms with Crippen LogP contribution in [0, 0.1) is 6.92 Å². The Labute approximate surface area is 107 Å². The molecule has 4 heteroatoms. The summed E-state index contributed by atoms with van der Waals surface area (Å²) in [7, 11) is 0. The molecule has 0 spiro atoms. The van der Waals surface area contributed by atoms with Gasteiger partial charge in [-0.2, -0.15) is 0 Å². The Morgan fingerprint density at radius 3 is 2.47 bits per heavy atom. The first-order valence-corrected chi connectivity index (χ1v) is 5.60. The van der Waals surface area contributed by atoms with Gasteiger partial charge in [-0.1, -0.05) is 24.8 Å². The van der Waals surface area contributed by atoms with E-state index in [-0.39, 0.29) is 6.04 Å². The molecular formula is C13H18ClNO2. The van der Waals surface area contributed by atoms with E-state index in [1.54, 1.807) is 12.1 Å². The average Bonchev–Trinajstić information content (AvgIpc) is 2.27. The van der Waals surface area contributed by atoms with Crippen LogP contribution < -0.4 is 5.73 Å². The van der Waals surface area contributed by atoms with E-state index in [0.29, 0.717) is 12.2 Å². The second-order valence-corrected chi connectivity index (χ2v) is 3.91. The molecule has 0 heterocycles. The van der Waals surface area contributed by atoms with E-state index in [2.05, 4.69) is 6.58 Å². The monoisotopic (exact) mass is 255 g/mol. The third kappa shape index (κ3) is 7.55. The number of carbonyl (C=O) groups is 1. The van der Waals surface area contributed by atoms with Crippen LogP contribution in [0.2, 0.25) is 0 Å². The number of hydrogen-bond donors (Lipinski definition) is 1. The Hall–Kier alpha value is -1.32. The standard InChI is InChI=1S/C8H7ClO.C5H11NO/c1-6-4-2-3-5-7(6)8(9)10;1-3-7-4-5(2)6/h2-5H,1H3;3,5H,1,4,6H2,2H3. The van der Waals surface area contributed by atoms with Crippen LogP contribution in [-0.2, 0) is 4.74 Å². The minimum atomic E-state index is -0.391. The molecule has 1 unspecified atom stereocenters. The minimum absolute atomic E-state index is 0.109. The van der Waals surface area contributed by atoms with Crippen molar-refractivity contribution in [3.8, 4) is 0 Å². The van der Waals surface area contributed by atoms with Crippen LogP contribution in [0.25, 0.3) is 0 Å². The highest BCUT2D eigenvalue weighted by molar-refractivity contribution is 6.67. The Bertz CT molecular complexity index is 364. The summed E-state index contributed by atoms with van der Waals surface area (Å²) in [5.41, 5.74) is 6.81. The van der Waals surface area contributed by atoms with Gasteiger partial charge < -0.3 is 10.5 Å². The maximum Gasteiger partial charge on any atom is 0.252 e. The van der Waals surface area contributed by atoms with Crippen molar-refractivity contribution in [3.63, 3.8) is 0 Å². The Morgan fingerprint density at radius 1 is 1.59 bits per heavy atom. The van der Waals surface area contributed by atoms with E-state index < -0.39 is 5.24 Å². The molecule has 0 amide bonds. The lowest BCUT2D eigenvalue weighted by molar-refractivity contribution is 0.108. The molecule has 0 aliphatic heterocycles. The third-order valence-electron chi connectivity index (χ3n) is 1.83. The van der Waals surface area contributed by atoms with Crippen molar-refractivity contribution in [2.24, 2.45) is 5.73 Å². The highest BCUT2D eigenvalue weighted by atomic mass is 35.5. The van der Waals surface area contributed by atoms with Gasteiger partial charge in [0.2, 0.25) is 0 Å². The molecule has 0 saturated carbocycles. The fourth-order valence-electron chi connectivity index (χ4n) is 1.01. The summed E-state index contributed by atoms with van der Waals surface area (Å²) in [6.07, 6.45) is 1.39. The minimum Gasteiger partial charge on any atom is -0.500 e. The summed E-state index contributed by atoms with van der Waals surface area (Å²) in [5.74, 6) is 0. The topological polar surface area (TPSA) is 52.3 Å². The van der Waals surface area contributed by atoms with Crippen molar-refractivity contribution in [1.29, 1.82) is 0 Å². The van der Waals surface area contributed by atoms with Crippen LogP contribution in [0.3, 0.4) is 0 Å². The number of halogens is 1. The lowest BCUT2D eigenvalue weighted by atomic mass is 10.1. The van der Waals surface area contributed by atoms with Gasteiger partial charge in [-0.3, -0.25) is 4.79 Å². The largest absolute Gasteiger partial charge is 0.500 e. The number of nitrogens with two attached hydrogens (primary N) is 1. The zero-order valence-electron chi connectivity index (χ0n) is 10.2. The summed E-state index contributed by atoms with van der Waals surface area (Å²) in [5, 5.41) is -0.391. The van der Waals surface area contributed by atoms with Crippen LogP contribution in [0.4, 0.5) is 0 Å². The van der Waals surface area contributed by atoms with Crippen molar-refractivity contribution in [2.75, 3.05) is 6.61 Å². The Morgan fingerprint density at radius 2 is 2.18 bits per heavy atom. The van der Waals surface area contributed by atoms with Crippen LogP contribution in [-0.4, -0.2) is 17.9 Å². The number of rotatable bonds is 4. The van der Waals surface area contributed by atoms with E-state index in [0.717, 1.165) is 5.56 Å². The van der Waals surface area contributed by atoms with Crippen molar-refractivity contribution >= 4 is 16.8 Å². The molecule has 0 radical (unpaired) electrons. The summed E-state index contributed by atoms with van der Waals surface area (Å²) < 4.78 is 4.73. The molecule has 0 aromatic heterocycles. The van der Waals surface area contributed by atoms with Gasteiger partial charge in [-0.05, 0) is 37.1 Å². The zero-order valence-corrected chi connectivity index (χ0v) is 10.9. The van der Waals surface area contributed by atoms with Gasteiger partial charge in [-0.25, -0.2) is 0 Å². The lowest BCUT2D eigenvalue weighted by Gasteiger charge is -2.01. The van der Waals surface area contributed by atoms with Gasteiger partial charge in [0.25, 0.3) is 5.24 Å². The number of hydrogen-bond acceptors (Lipinski definition) is 3. The maximum absolute atomic E-state index is 10.6. The summed E-state index contributed by atoms with van der Waals surface area (Å²) >= 11 is 5.27. The molecule has 1 aromatic carbocycles. The lowest BCUT2D eigenvalue weighted by Crippen LogP contribution is -2.20. The van der Waals surface area contributed by atoms with Crippen molar-refractivity contribution in [1.82, 2.24) is 0 Å². The second kappa shape index (κ2) is 8.79. The molecule has 0 aliphatic rings. The summed E-state index contributed by atoms with van der Waals surface area (Å²) in [6, 6.07) is 7.35. The van der Waals surface area contributed by atoms with E-state index in [1.165, 1.54) is 6.26 Å². The van der Waals surface area contributed by atoms with E-state index >= 15 is 0 Å². The van der Waals surface area contributed by atoms with Gasteiger partial charge in [0.05, 0.1) is 6.26 Å². The fraction of sp³-hybridized carbons (Fsp3) is 0.308. The quantitative estimate of drug-likeness (QED) is 0.665. The number of carbonyl (C=O) groups excluding carboxylic acids is 1. The molecule has 1 rings (SSSR count). The highest BCUT2D eigenvalue weighted by Gasteiger charge is 2.02. The molecule has 3 nitrogen and oxygen atoms in total. The van der Waals surface area contributed by atoms with Crippen LogP contribution in [0.5, 0.6) is 0 Å². The number of aryl methyl sites for hydroxylation is 1. The van der Waals surface area contributed by atoms with Crippen LogP contribution in [0.15, 0.2) is 37.1 Å². The molecule has 0 fully saturated rings. The van der Waals surface area contributed by atoms with Crippen molar-refractivity contribution < 1.29 is 9.53 Å². The predicted octanol–water partition coefficient (Wildman–Crippen LogP) is 2.87. The van der Waals surface area contributed by atoms with E-state index in [4.69, 9.17) is 22.1 Å². The smallest absolute Gasteiger partial charge is 0.252 e. The van der Waals surface area contributed by atoms with Crippen LogP contribution in [0.1, 0.15) is 22.8 Å². The molecule has 1 aromatic rings. The molecule has 0 saturated heterocycles. The van der Waals surface area contributed by atoms with Crippen molar-refractivity contribution in [3.05, 3.63) is 48.2 Å². The second-order valence-electron chi connectivity index (χ2n) is 3.57. The van der Waals surface area contributed by atoms with Gasteiger partial charge in [0, 0.05) is 11.6 Å². The molecule has 2 N–H and O–H groups in total. The van der Waals surface area contributed by atoms with Gasteiger partial charge in [0.1, 0.15) is 6.61 Å².